The second kappa shape index (κ2) is 4.76. The fourth-order valence-corrected chi connectivity index (χ4v) is 1.06. The second-order valence-electron chi connectivity index (χ2n) is 2.86. The lowest BCUT2D eigenvalue weighted by atomic mass is 10.3. The topological polar surface area (TPSA) is 35.0 Å². The van der Waals surface area contributed by atoms with E-state index in [4.69, 9.17) is 11.6 Å². The van der Waals surface area contributed by atoms with Crippen molar-refractivity contribution in [2.45, 2.75) is 19.7 Å². The van der Waals surface area contributed by atoms with E-state index in [0.29, 0.717) is 11.3 Å². The van der Waals surface area contributed by atoms with E-state index in [1.165, 1.54) is 6.20 Å². The summed E-state index contributed by atoms with van der Waals surface area (Å²) in [6, 6.07) is 0. The van der Waals surface area contributed by atoms with Gasteiger partial charge < -0.3 is 4.74 Å². The Morgan fingerprint density at radius 1 is 1.47 bits per heavy atom. The number of ether oxygens (including phenoxy) is 1. The molecule has 7 heteroatoms. The zero-order chi connectivity index (χ0) is 11.5. The largest absolute Gasteiger partial charge is 0.411 e. The minimum absolute atomic E-state index is 0.0621. The number of aromatic nitrogens is 2. The van der Waals surface area contributed by atoms with Gasteiger partial charge >= 0.3 is 6.18 Å². The number of aryl methyl sites for hydroxylation is 1. The van der Waals surface area contributed by atoms with E-state index in [1.54, 1.807) is 6.92 Å². The van der Waals surface area contributed by atoms with Gasteiger partial charge in [-0.3, -0.25) is 0 Å². The van der Waals surface area contributed by atoms with E-state index < -0.39 is 12.8 Å². The van der Waals surface area contributed by atoms with Crippen LogP contribution in [0.3, 0.4) is 0 Å². The van der Waals surface area contributed by atoms with Gasteiger partial charge in [0.25, 0.3) is 0 Å². The van der Waals surface area contributed by atoms with Crippen LogP contribution in [0.2, 0.25) is 5.28 Å². The van der Waals surface area contributed by atoms with Crippen molar-refractivity contribution < 1.29 is 17.9 Å². The molecular weight excluding hydrogens is 233 g/mol. The highest BCUT2D eigenvalue weighted by Crippen LogP contribution is 2.16. The van der Waals surface area contributed by atoms with E-state index in [0.717, 1.165) is 0 Å². The first-order valence-electron chi connectivity index (χ1n) is 4.01. The molecule has 0 unspecified atom stereocenters. The van der Waals surface area contributed by atoms with Gasteiger partial charge in [0.15, 0.2) is 0 Å². The van der Waals surface area contributed by atoms with Crippen LogP contribution in [0.1, 0.15) is 11.3 Å². The Morgan fingerprint density at radius 2 is 2.13 bits per heavy atom. The average Bonchev–Trinajstić information content (AvgIpc) is 2.07. The first kappa shape index (κ1) is 12.2. The van der Waals surface area contributed by atoms with Crippen LogP contribution in [-0.2, 0) is 11.3 Å². The second-order valence-corrected chi connectivity index (χ2v) is 3.20. The summed E-state index contributed by atoms with van der Waals surface area (Å²) in [6.45, 7) is 0.164. The maximum absolute atomic E-state index is 11.7. The number of alkyl halides is 3. The molecule has 0 saturated carbocycles. The first-order valence-corrected chi connectivity index (χ1v) is 4.39. The quantitative estimate of drug-likeness (QED) is 0.762. The van der Waals surface area contributed by atoms with Crippen molar-refractivity contribution in [3.63, 3.8) is 0 Å². The Bertz CT molecular complexity index is 343. The molecule has 84 valence electrons. The van der Waals surface area contributed by atoms with Gasteiger partial charge in [-0.05, 0) is 18.5 Å². The zero-order valence-corrected chi connectivity index (χ0v) is 8.56. The molecule has 0 fully saturated rings. The summed E-state index contributed by atoms with van der Waals surface area (Å²) in [4.78, 5) is 7.43. The summed E-state index contributed by atoms with van der Waals surface area (Å²) >= 11 is 5.48. The van der Waals surface area contributed by atoms with Crippen molar-refractivity contribution >= 4 is 11.6 Å². The number of rotatable bonds is 3. The summed E-state index contributed by atoms with van der Waals surface area (Å²) in [5.41, 5.74) is 1.00. The van der Waals surface area contributed by atoms with Crippen LogP contribution in [0, 0.1) is 6.92 Å². The van der Waals surface area contributed by atoms with Gasteiger partial charge in [0, 0.05) is 17.5 Å². The summed E-state index contributed by atoms with van der Waals surface area (Å²) in [5, 5.41) is 0.0621. The summed E-state index contributed by atoms with van der Waals surface area (Å²) < 4.78 is 39.7. The minimum Gasteiger partial charge on any atom is -0.367 e. The minimum atomic E-state index is -4.32. The average molecular weight is 241 g/mol. The lowest BCUT2D eigenvalue weighted by Crippen LogP contribution is -2.17. The van der Waals surface area contributed by atoms with Crippen LogP contribution < -0.4 is 0 Å². The van der Waals surface area contributed by atoms with Crippen LogP contribution in [0.15, 0.2) is 6.20 Å². The van der Waals surface area contributed by atoms with Crippen molar-refractivity contribution in [2.75, 3.05) is 6.61 Å². The Labute approximate surface area is 89.2 Å². The van der Waals surface area contributed by atoms with Gasteiger partial charge in [-0.25, -0.2) is 9.97 Å². The maximum atomic E-state index is 11.7. The molecule has 0 aliphatic carbocycles. The zero-order valence-electron chi connectivity index (χ0n) is 7.81. The van der Waals surface area contributed by atoms with Crippen LogP contribution in [0.25, 0.3) is 0 Å². The van der Waals surface area contributed by atoms with Gasteiger partial charge in [-0.15, -0.1) is 0 Å². The normalized spacial score (nSPS) is 11.8. The predicted molar refractivity (Wildman–Crippen MR) is 47.5 cm³/mol. The first-order chi connectivity index (χ1) is 6.88. The highest BCUT2D eigenvalue weighted by Gasteiger charge is 2.27. The third-order valence-electron chi connectivity index (χ3n) is 1.57. The van der Waals surface area contributed by atoms with Crippen molar-refractivity contribution in [3.8, 4) is 0 Å². The molecule has 0 aliphatic heterocycles. The molecular formula is C8H8ClF3N2O. The molecule has 0 amide bonds. The van der Waals surface area contributed by atoms with E-state index in [1.807, 2.05) is 0 Å². The molecule has 0 saturated heterocycles. The lowest BCUT2D eigenvalue weighted by Gasteiger charge is -2.08. The van der Waals surface area contributed by atoms with E-state index in [2.05, 4.69) is 14.7 Å². The summed E-state index contributed by atoms with van der Waals surface area (Å²) in [5.74, 6) is 0. The molecule has 1 aromatic heterocycles. The summed E-state index contributed by atoms with van der Waals surface area (Å²) in [6.07, 6.45) is -2.97. The molecule has 1 heterocycles. The standard InChI is InChI=1S/C8H8ClF3N2O/c1-5-6(2-13-7(9)14-5)3-15-4-8(10,11)12/h2H,3-4H2,1H3. The molecule has 0 spiro atoms. The third kappa shape index (κ3) is 4.44. The molecule has 1 rings (SSSR count). The molecule has 15 heavy (non-hydrogen) atoms. The molecule has 0 aromatic carbocycles. The van der Waals surface area contributed by atoms with Gasteiger partial charge in [0.1, 0.15) is 6.61 Å². The Balaban J connectivity index is 2.51. The maximum Gasteiger partial charge on any atom is 0.411 e. The Hall–Kier alpha value is -0.880. The Kier molecular flexibility index (Phi) is 3.87. The third-order valence-corrected chi connectivity index (χ3v) is 1.76. The molecule has 0 N–H and O–H groups in total. The van der Waals surface area contributed by atoms with Crippen molar-refractivity contribution in [2.24, 2.45) is 0 Å². The van der Waals surface area contributed by atoms with E-state index in [-0.39, 0.29) is 11.9 Å². The fraction of sp³-hybridized carbons (Fsp3) is 0.500. The molecule has 0 radical (unpaired) electrons. The lowest BCUT2D eigenvalue weighted by molar-refractivity contribution is -0.176. The van der Waals surface area contributed by atoms with Gasteiger partial charge in [0.05, 0.1) is 6.61 Å². The van der Waals surface area contributed by atoms with Crippen LogP contribution in [-0.4, -0.2) is 22.8 Å². The summed E-state index contributed by atoms with van der Waals surface area (Å²) in [7, 11) is 0. The Morgan fingerprint density at radius 3 is 2.67 bits per heavy atom. The van der Waals surface area contributed by atoms with E-state index >= 15 is 0 Å². The van der Waals surface area contributed by atoms with Crippen LogP contribution >= 0.6 is 11.6 Å². The fourth-order valence-electron chi connectivity index (χ4n) is 0.882. The highest BCUT2D eigenvalue weighted by molar-refractivity contribution is 6.28. The molecule has 0 atom stereocenters. The SMILES string of the molecule is Cc1nc(Cl)ncc1COCC(F)(F)F. The van der Waals surface area contributed by atoms with Crippen molar-refractivity contribution in [1.29, 1.82) is 0 Å². The highest BCUT2D eigenvalue weighted by atomic mass is 35.5. The molecule has 0 bridgehead atoms. The molecule has 0 aliphatic rings. The van der Waals surface area contributed by atoms with Crippen LogP contribution in [0.4, 0.5) is 13.2 Å². The van der Waals surface area contributed by atoms with Gasteiger partial charge in [-0.2, -0.15) is 13.2 Å². The monoisotopic (exact) mass is 240 g/mol. The molecule has 1 aromatic rings. The number of hydrogen-bond acceptors (Lipinski definition) is 3. The van der Waals surface area contributed by atoms with Gasteiger partial charge in [-0.1, -0.05) is 0 Å². The number of nitrogens with zero attached hydrogens (tertiary/aromatic N) is 2. The van der Waals surface area contributed by atoms with Crippen molar-refractivity contribution in [1.82, 2.24) is 9.97 Å². The smallest absolute Gasteiger partial charge is 0.367 e. The number of halogens is 4. The van der Waals surface area contributed by atoms with Crippen LogP contribution in [0.5, 0.6) is 0 Å². The van der Waals surface area contributed by atoms with Crippen molar-refractivity contribution in [3.05, 3.63) is 22.7 Å². The molecule has 3 nitrogen and oxygen atoms in total. The van der Waals surface area contributed by atoms with E-state index in [9.17, 15) is 13.2 Å². The predicted octanol–water partition coefficient (Wildman–Crippen LogP) is 2.52. The number of hydrogen-bond donors (Lipinski definition) is 0. The van der Waals surface area contributed by atoms with Gasteiger partial charge in [0.2, 0.25) is 5.28 Å².